The average molecular weight is 390 g/mol. The molecule has 3 aromatic rings. The highest BCUT2D eigenvalue weighted by molar-refractivity contribution is 5.97. The molecular formula is C20H22N8O. The summed E-state index contributed by atoms with van der Waals surface area (Å²) in [5.41, 5.74) is 2.45. The molecule has 29 heavy (non-hydrogen) atoms. The summed E-state index contributed by atoms with van der Waals surface area (Å²) in [6.07, 6.45) is 7.04. The van der Waals surface area contributed by atoms with E-state index in [0.29, 0.717) is 24.5 Å². The first kappa shape index (κ1) is 17.7. The van der Waals surface area contributed by atoms with Crippen LogP contribution in [0.2, 0.25) is 0 Å². The van der Waals surface area contributed by atoms with Crippen molar-refractivity contribution in [1.82, 2.24) is 34.8 Å². The van der Waals surface area contributed by atoms with Crippen molar-refractivity contribution in [2.24, 2.45) is 0 Å². The third kappa shape index (κ3) is 3.12. The van der Waals surface area contributed by atoms with E-state index in [9.17, 15) is 4.79 Å². The van der Waals surface area contributed by atoms with Crippen molar-refractivity contribution in [3.05, 3.63) is 53.7 Å². The number of carbonyl (C=O) groups is 1. The number of nitrogens with zero attached hydrogens (tertiary/aromatic N) is 8. The standard InChI is InChI=1S/C20H22N8O/c1-13-10-14(2)24-20(23-13)28-15-4-5-16(28)12-26(11-15)19(29)17-6-8-21-25-18(17)27-9-3-7-22-27/h3,6-10,15-16H,4-5,11-12H2,1-2H3. The Kier molecular flexibility index (Phi) is 4.22. The Balaban J connectivity index is 1.41. The predicted molar refractivity (Wildman–Crippen MR) is 106 cm³/mol. The SMILES string of the molecule is Cc1cc(C)nc(N2C3CCC2CN(C(=O)c2ccnnc2-n2cccn2)C3)n1. The fourth-order valence-electron chi connectivity index (χ4n) is 4.44. The van der Waals surface area contributed by atoms with Crippen LogP contribution in [0.4, 0.5) is 5.95 Å². The lowest BCUT2D eigenvalue weighted by Gasteiger charge is -2.41. The highest BCUT2D eigenvalue weighted by Gasteiger charge is 2.43. The molecule has 5 heterocycles. The summed E-state index contributed by atoms with van der Waals surface area (Å²) < 4.78 is 1.58. The molecule has 2 unspecified atom stereocenters. The van der Waals surface area contributed by atoms with E-state index in [1.54, 1.807) is 35.4 Å². The molecule has 2 aliphatic heterocycles. The predicted octanol–water partition coefficient (Wildman–Crippen LogP) is 1.56. The minimum atomic E-state index is -0.0386. The van der Waals surface area contributed by atoms with E-state index in [-0.39, 0.29) is 18.0 Å². The topological polar surface area (TPSA) is 92.9 Å². The lowest BCUT2D eigenvalue weighted by atomic mass is 10.1. The van der Waals surface area contributed by atoms with Crippen molar-refractivity contribution in [1.29, 1.82) is 0 Å². The zero-order valence-corrected chi connectivity index (χ0v) is 16.4. The molecule has 2 fully saturated rings. The van der Waals surface area contributed by atoms with Crippen LogP contribution in [0.5, 0.6) is 0 Å². The van der Waals surface area contributed by atoms with Crippen molar-refractivity contribution in [2.45, 2.75) is 38.8 Å². The third-order valence-electron chi connectivity index (χ3n) is 5.62. The second-order valence-electron chi connectivity index (χ2n) is 7.67. The molecule has 0 saturated carbocycles. The molecular weight excluding hydrogens is 368 g/mol. The molecule has 5 rings (SSSR count). The number of hydrogen-bond donors (Lipinski definition) is 0. The van der Waals surface area contributed by atoms with E-state index in [1.807, 2.05) is 24.8 Å². The monoisotopic (exact) mass is 390 g/mol. The summed E-state index contributed by atoms with van der Waals surface area (Å²) in [6, 6.07) is 5.95. The number of anilines is 1. The molecule has 2 aliphatic rings. The summed E-state index contributed by atoms with van der Waals surface area (Å²) in [5, 5.41) is 12.3. The highest BCUT2D eigenvalue weighted by atomic mass is 16.2. The Hall–Kier alpha value is -3.36. The van der Waals surface area contributed by atoms with Gasteiger partial charge in [-0.05, 0) is 44.9 Å². The van der Waals surface area contributed by atoms with Gasteiger partial charge in [0.25, 0.3) is 5.91 Å². The number of piperazine rings is 1. The van der Waals surface area contributed by atoms with E-state index in [4.69, 9.17) is 0 Å². The van der Waals surface area contributed by atoms with Crippen LogP contribution in [0.15, 0.2) is 36.8 Å². The minimum absolute atomic E-state index is 0.0386. The summed E-state index contributed by atoms with van der Waals surface area (Å²) in [6.45, 7) is 5.28. The van der Waals surface area contributed by atoms with Crippen LogP contribution in [0.1, 0.15) is 34.6 Å². The fraction of sp³-hybridized carbons (Fsp3) is 0.400. The van der Waals surface area contributed by atoms with Crippen LogP contribution in [-0.4, -0.2) is 65.9 Å². The molecule has 0 radical (unpaired) electrons. The van der Waals surface area contributed by atoms with Gasteiger partial charge in [-0.3, -0.25) is 4.79 Å². The van der Waals surface area contributed by atoms with Crippen LogP contribution in [0, 0.1) is 13.8 Å². The molecule has 0 spiro atoms. The van der Waals surface area contributed by atoms with Gasteiger partial charge in [-0.1, -0.05) is 0 Å². The summed E-state index contributed by atoms with van der Waals surface area (Å²) >= 11 is 0. The average Bonchev–Trinajstić information content (AvgIpc) is 3.33. The second-order valence-corrected chi connectivity index (χ2v) is 7.67. The Bertz CT molecular complexity index is 1020. The van der Waals surface area contributed by atoms with Gasteiger partial charge in [0, 0.05) is 49.0 Å². The van der Waals surface area contributed by atoms with Crippen LogP contribution in [-0.2, 0) is 0 Å². The maximum absolute atomic E-state index is 13.4. The number of hydrogen-bond acceptors (Lipinski definition) is 7. The molecule has 9 nitrogen and oxygen atoms in total. The number of fused-ring (bicyclic) bond motifs is 2. The maximum Gasteiger partial charge on any atom is 0.257 e. The minimum Gasteiger partial charge on any atom is -0.334 e. The molecule has 1 amide bonds. The largest absolute Gasteiger partial charge is 0.334 e. The van der Waals surface area contributed by atoms with E-state index < -0.39 is 0 Å². The Labute approximate surface area is 168 Å². The highest BCUT2D eigenvalue weighted by Crippen LogP contribution is 2.34. The van der Waals surface area contributed by atoms with E-state index in [1.165, 1.54) is 0 Å². The lowest BCUT2D eigenvalue weighted by Crippen LogP contribution is -2.56. The van der Waals surface area contributed by atoms with Crippen LogP contribution in [0.25, 0.3) is 5.82 Å². The van der Waals surface area contributed by atoms with Gasteiger partial charge in [0.2, 0.25) is 5.95 Å². The van der Waals surface area contributed by atoms with Crippen molar-refractivity contribution in [3.8, 4) is 5.82 Å². The van der Waals surface area contributed by atoms with Gasteiger partial charge < -0.3 is 9.80 Å². The summed E-state index contributed by atoms with van der Waals surface area (Å²) in [5.74, 6) is 1.20. The Morgan fingerprint density at radius 3 is 2.45 bits per heavy atom. The van der Waals surface area contributed by atoms with Crippen molar-refractivity contribution >= 4 is 11.9 Å². The van der Waals surface area contributed by atoms with Crippen LogP contribution >= 0.6 is 0 Å². The van der Waals surface area contributed by atoms with E-state index >= 15 is 0 Å². The first-order valence-electron chi connectivity index (χ1n) is 9.82. The molecule has 0 N–H and O–H groups in total. The van der Waals surface area contributed by atoms with E-state index in [0.717, 1.165) is 30.2 Å². The quantitative estimate of drug-likeness (QED) is 0.670. The number of rotatable bonds is 3. The molecule has 0 aromatic carbocycles. The zero-order valence-electron chi connectivity index (χ0n) is 16.4. The number of aryl methyl sites for hydroxylation is 2. The van der Waals surface area contributed by atoms with Crippen molar-refractivity contribution in [3.63, 3.8) is 0 Å². The van der Waals surface area contributed by atoms with Crippen molar-refractivity contribution in [2.75, 3.05) is 18.0 Å². The third-order valence-corrected chi connectivity index (χ3v) is 5.62. The van der Waals surface area contributed by atoms with Gasteiger partial charge >= 0.3 is 0 Å². The Morgan fingerprint density at radius 1 is 1.07 bits per heavy atom. The van der Waals surface area contributed by atoms with Crippen molar-refractivity contribution < 1.29 is 4.79 Å². The molecule has 2 atom stereocenters. The number of amides is 1. The maximum atomic E-state index is 13.4. The smallest absolute Gasteiger partial charge is 0.257 e. The first-order chi connectivity index (χ1) is 14.1. The van der Waals surface area contributed by atoms with Gasteiger partial charge in [-0.15, -0.1) is 5.10 Å². The molecule has 0 aliphatic carbocycles. The number of carbonyl (C=O) groups excluding carboxylic acids is 1. The molecule has 2 saturated heterocycles. The zero-order chi connectivity index (χ0) is 20.0. The molecule has 3 aromatic heterocycles. The lowest BCUT2D eigenvalue weighted by molar-refractivity contribution is 0.0716. The van der Waals surface area contributed by atoms with Gasteiger partial charge in [0.15, 0.2) is 5.82 Å². The Morgan fingerprint density at radius 2 is 1.79 bits per heavy atom. The molecule has 148 valence electrons. The second kappa shape index (κ2) is 6.91. The summed E-state index contributed by atoms with van der Waals surface area (Å²) in [7, 11) is 0. The number of aromatic nitrogens is 6. The fourth-order valence-corrected chi connectivity index (χ4v) is 4.44. The van der Waals surface area contributed by atoms with Gasteiger partial charge in [0.05, 0.1) is 11.8 Å². The van der Waals surface area contributed by atoms with Crippen LogP contribution < -0.4 is 4.90 Å². The molecule has 2 bridgehead atoms. The van der Waals surface area contributed by atoms with Crippen LogP contribution in [0.3, 0.4) is 0 Å². The number of likely N-dealkylation sites (tertiary alicyclic amines) is 1. The summed E-state index contributed by atoms with van der Waals surface area (Å²) in [4.78, 5) is 26.9. The first-order valence-corrected chi connectivity index (χ1v) is 9.82. The van der Waals surface area contributed by atoms with Gasteiger partial charge in [0.1, 0.15) is 0 Å². The van der Waals surface area contributed by atoms with E-state index in [2.05, 4.69) is 30.2 Å². The molecule has 9 heteroatoms. The van der Waals surface area contributed by atoms with Gasteiger partial charge in [-0.2, -0.15) is 10.2 Å². The normalized spacial score (nSPS) is 20.9. The van der Waals surface area contributed by atoms with Gasteiger partial charge in [-0.25, -0.2) is 14.6 Å².